The van der Waals surface area contributed by atoms with Gasteiger partial charge in [0.15, 0.2) is 5.22 Å². The highest BCUT2D eigenvalue weighted by Gasteiger charge is 2.16. The largest absolute Gasteiger partial charge is 0.447 e. The Hall–Kier alpha value is -0.960. The third-order valence-electron chi connectivity index (χ3n) is 2.06. The van der Waals surface area contributed by atoms with Crippen molar-refractivity contribution in [1.82, 2.24) is 0 Å². The fourth-order valence-corrected chi connectivity index (χ4v) is 1.72. The second-order valence-corrected chi connectivity index (χ2v) is 3.85. The van der Waals surface area contributed by atoms with Crippen LogP contribution in [0.5, 0.6) is 0 Å². The fraction of sp³-hybridized carbons (Fsp3) is 0.0909. The van der Waals surface area contributed by atoms with E-state index in [1.54, 1.807) is 36.4 Å². The number of halogens is 2. The van der Waals surface area contributed by atoms with Gasteiger partial charge in [-0.15, -0.1) is 0 Å². The van der Waals surface area contributed by atoms with E-state index in [4.69, 9.17) is 27.6 Å². The van der Waals surface area contributed by atoms with Gasteiger partial charge in [-0.3, -0.25) is 0 Å². The number of aliphatic hydroxyl groups excluding tert-OH is 1. The Bertz CT molecular complexity index is 465. The topological polar surface area (TPSA) is 33.4 Å². The zero-order chi connectivity index (χ0) is 10.8. The number of hydrogen-bond donors (Lipinski definition) is 1. The predicted molar refractivity (Wildman–Crippen MR) is 59.2 cm³/mol. The summed E-state index contributed by atoms with van der Waals surface area (Å²) >= 11 is 11.6. The Morgan fingerprint density at radius 2 is 1.80 bits per heavy atom. The summed E-state index contributed by atoms with van der Waals surface area (Å²) in [4.78, 5) is 0. The molecule has 0 bridgehead atoms. The highest BCUT2D eigenvalue weighted by Crippen LogP contribution is 2.29. The number of benzene rings is 1. The van der Waals surface area contributed by atoms with E-state index in [1.807, 2.05) is 0 Å². The molecule has 0 amide bonds. The SMILES string of the molecule is OC(c1ccc(Cl)o1)c1ccccc1Cl. The lowest BCUT2D eigenvalue weighted by Gasteiger charge is -2.09. The van der Waals surface area contributed by atoms with Crippen LogP contribution in [0.25, 0.3) is 0 Å². The summed E-state index contributed by atoms with van der Waals surface area (Å²) in [5.74, 6) is 0.383. The molecule has 1 atom stereocenters. The van der Waals surface area contributed by atoms with Gasteiger partial charge in [-0.2, -0.15) is 0 Å². The molecule has 2 rings (SSSR count). The van der Waals surface area contributed by atoms with Crippen LogP contribution in [0.3, 0.4) is 0 Å². The van der Waals surface area contributed by atoms with E-state index in [-0.39, 0.29) is 5.22 Å². The Labute approximate surface area is 97.0 Å². The molecular weight excluding hydrogens is 235 g/mol. The molecule has 15 heavy (non-hydrogen) atoms. The molecule has 0 aliphatic heterocycles. The summed E-state index contributed by atoms with van der Waals surface area (Å²) in [6.45, 7) is 0. The van der Waals surface area contributed by atoms with Crippen molar-refractivity contribution in [2.45, 2.75) is 6.10 Å². The molecule has 2 aromatic rings. The van der Waals surface area contributed by atoms with Crippen molar-refractivity contribution in [2.75, 3.05) is 0 Å². The maximum atomic E-state index is 9.95. The second kappa shape index (κ2) is 4.27. The first kappa shape index (κ1) is 10.6. The van der Waals surface area contributed by atoms with Gasteiger partial charge in [0.05, 0.1) is 0 Å². The molecule has 4 heteroatoms. The Kier molecular flexibility index (Phi) is 3.00. The Morgan fingerprint density at radius 1 is 1.07 bits per heavy atom. The van der Waals surface area contributed by atoms with Gasteiger partial charge in [0.1, 0.15) is 11.9 Å². The summed E-state index contributed by atoms with van der Waals surface area (Å²) < 4.78 is 5.11. The molecule has 78 valence electrons. The molecule has 2 nitrogen and oxygen atoms in total. The molecule has 1 heterocycles. The van der Waals surface area contributed by atoms with Crippen molar-refractivity contribution in [3.8, 4) is 0 Å². The van der Waals surface area contributed by atoms with Crippen LogP contribution in [-0.2, 0) is 0 Å². The first-order valence-electron chi connectivity index (χ1n) is 4.36. The van der Waals surface area contributed by atoms with Crippen molar-refractivity contribution in [3.63, 3.8) is 0 Å². The molecule has 1 N–H and O–H groups in total. The van der Waals surface area contributed by atoms with E-state index >= 15 is 0 Å². The zero-order valence-corrected chi connectivity index (χ0v) is 9.16. The summed E-state index contributed by atoms with van der Waals surface area (Å²) in [7, 11) is 0. The first-order valence-corrected chi connectivity index (χ1v) is 5.12. The average Bonchev–Trinajstić information content (AvgIpc) is 2.65. The van der Waals surface area contributed by atoms with E-state index in [9.17, 15) is 5.11 Å². The smallest absolute Gasteiger partial charge is 0.193 e. The monoisotopic (exact) mass is 242 g/mol. The van der Waals surface area contributed by atoms with Crippen molar-refractivity contribution < 1.29 is 9.52 Å². The Morgan fingerprint density at radius 3 is 2.40 bits per heavy atom. The second-order valence-electron chi connectivity index (χ2n) is 3.07. The van der Waals surface area contributed by atoms with Crippen LogP contribution in [0, 0.1) is 0 Å². The van der Waals surface area contributed by atoms with Crippen molar-refractivity contribution in [3.05, 3.63) is 58.0 Å². The van der Waals surface area contributed by atoms with Gasteiger partial charge in [-0.25, -0.2) is 0 Å². The third-order valence-corrected chi connectivity index (χ3v) is 2.61. The predicted octanol–water partition coefficient (Wildman–Crippen LogP) is 3.67. The maximum Gasteiger partial charge on any atom is 0.193 e. The van der Waals surface area contributed by atoms with Crippen molar-refractivity contribution in [1.29, 1.82) is 0 Å². The molecule has 0 saturated heterocycles. The van der Waals surface area contributed by atoms with Crippen LogP contribution in [-0.4, -0.2) is 5.11 Å². The summed E-state index contributed by atoms with van der Waals surface area (Å²) in [6.07, 6.45) is -0.883. The molecule has 0 aliphatic carbocycles. The van der Waals surface area contributed by atoms with Gasteiger partial charge < -0.3 is 9.52 Å². The van der Waals surface area contributed by atoms with Gasteiger partial charge in [-0.1, -0.05) is 29.8 Å². The molecular formula is C11H8Cl2O2. The molecule has 1 aromatic heterocycles. The molecule has 0 aliphatic rings. The standard InChI is InChI=1S/C11H8Cl2O2/c12-8-4-2-1-3-7(8)11(14)9-5-6-10(13)15-9/h1-6,11,14H. The minimum Gasteiger partial charge on any atom is -0.447 e. The average molecular weight is 243 g/mol. The zero-order valence-electron chi connectivity index (χ0n) is 7.65. The summed E-state index contributed by atoms with van der Waals surface area (Å²) in [6, 6.07) is 10.3. The van der Waals surface area contributed by atoms with Crippen LogP contribution >= 0.6 is 23.2 Å². The highest BCUT2D eigenvalue weighted by molar-refractivity contribution is 6.31. The summed E-state index contributed by atoms with van der Waals surface area (Å²) in [5, 5.41) is 10.7. The minimum atomic E-state index is -0.883. The van der Waals surface area contributed by atoms with Crippen LogP contribution < -0.4 is 0 Å². The third kappa shape index (κ3) is 2.17. The lowest BCUT2D eigenvalue weighted by molar-refractivity contribution is 0.189. The number of aliphatic hydroxyl groups is 1. The van der Waals surface area contributed by atoms with E-state index in [1.165, 1.54) is 0 Å². The molecule has 1 aromatic carbocycles. The van der Waals surface area contributed by atoms with Crippen LogP contribution in [0.4, 0.5) is 0 Å². The molecule has 0 fully saturated rings. The van der Waals surface area contributed by atoms with Crippen LogP contribution in [0.1, 0.15) is 17.4 Å². The van der Waals surface area contributed by atoms with E-state index in [0.29, 0.717) is 16.3 Å². The van der Waals surface area contributed by atoms with Crippen molar-refractivity contribution in [2.24, 2.45) is 0 Å². The normalized spacial score (nSPS) is 12.7. The van der Waals surface area contributed by atoms with Gasteiger partial charge in [0.2, 0.25) is 0 Å². The van der Waals surface area contributed by atoms with Crippen molar-refractivity contribution >= 4 is 23.2 Å². The number of hydrogen-bond acceptors (Lipinski definition) is 2. The maximum absolute atomic E-state index is 9.95. The first-order chi connectivity index (χ1) is 7.18. The fourth-order valence-electron chi connectivity index (χ4n) is 1.33. The number of furan rings is 1. The van der Waals surface area contributed by atoms with Crippen LogP contribution in [0.2, 0.25) is 10.2 Å². The van der Waals surface area contributed by atoms with Gasteiger partial charge in [0, 0.05) is 10.6 Å². The van der Waals surface area contributed by atoms with E-state index < -0.39 is 6.10 Å². The number of rotatable bonds is 2. The van der Waals surface area contributed by atoms with Gasteiger partial charge in [0.25, 0.3) is 0 Å². The molecule has 1 unspecified atom stereocenters. The minimum absolute atomic E-state index is 0.246. The molecule has 0 radical (unpaired) electrons. The lowest BCUT2D eigenvalue weighted by Crippen LogP contribution is -1.98. The molecule has 0 spiro atoms. The van der Waals surface area contributed by atoms with E-state index in [2.05, 4.69) is 0 Å². The quantitative estimate of drug-likeness (QED) is 0.872. The van der Waals surface area contributed by atoms with Crippen LogP contribution in [0.15, 0.2) is 40.8 Å². The highest BCUT2D eigenvalue weighted by atomic mass is 35.5. The lowest BCUT2D eigenvalue weighted by atomic mass is 10.1. The van der Waals surface area contributed by atoms with E-state index in [0.717, 1.165) is 0 Å². The van der Waals surface area contributed by atoms with Gasteiger partial charge >= 0.3 is 0 Å². The summed E-state index contributed by atoms with van der Waals surface area (Å²) in [5.41, 5.74) is 0.602. The van der Waals surface area contributed by atoms with Gasteiger partial charge in [-0.05, 0) is 29.8 Å². The Balaban J connectivity index is 2.36. The molecule has 0 saturated carbocycles.